The van der Waals surface area contributed by atoms with Crippen molar-refractivity contribution in [3.8, 4) is 11.1 Å². The lowest BCUT2D eigenvalue weighted by molar-refractivity contribution is -0.933. The first-order chi connectivity index (χ1) is 15.9. The predicted molar refractivity (Wildman–Crippen MR) is 132 cm³/mol. The third-order valence-corrected chi connectivity index (χ3v) is 7.48. The number of fused-ring (bicyclic) bond motifs is 2. The van der Waals surface area contributed by atoms with Crippen LogP contribution >= 0.6 is 15.9 Å². The van der Waals surface area contributed by atoms with Gasteiger partial charge in [0.25, 0.3) is 0 Å². The van der Waals surface area contributed by atoms with Crippen molar-refractivity contribution >= 4 is 38.3 Å². The van der Waals surface area contributed by atoms with Gasteiger partial charge in [0.2, 0.25) is 0 Å². The second kappa shape index (κ2) is 8.64. The number of hydrogen-bond donors (Lipinski definition) is 1. The molecule has 1 fully saturated rings. The first kappa shape index (κ1) is 22.2. The number of benzene rings is 1. The summed E-state index contributed by atoms with van der Waals surface area (Å²) in [4.78, 5) is 9.65. The molecule has 2 N–H and O–H groups in total. The number of methoxy groups -OCH3 is 1. The van der Waals surface area contributed by atoms with Gasteiger partial charge in [-0.25, -0.2) is 4.98 Å². The van der Waals surface area contributed by atoms with Crippen LogP contribution in [0.1, 0.15) is 12.1 Å². The molecule has 5 rings (SSSR count). The highest BCUT2D eigenvalue weighted by Crippen LogP contribution is 2.33. The summed E-state index contributed by atoms with van der Waals surface area (Å²) in [7, 11) is 6.17. The van der Waals surface area contributed by atoms with E-state index in [1.807, 2.05) is 24.4 Å². The Morgan fingerprint density at radius 3 is 2.91 bits per heavy atom. The number of quaternary nitrogens is 1. The Hall–Kier alpha value is -2.59. The van der Waals surface area contributed by atoms with Crippen molar-refractivity contribution in [3.63, 3.8) is 0 Å². The molecule has 4 heterocycles. The first-order valence-corrected chi connectivity index (χ1v) is 11.8. The van der Waals surface area contributed by atoms with Crippen molar-refractivity contribution < 1.29 is 14.0 Å². The second-order valence-corrected chi connectivity index (χ2v) is 9.90. The van der Waals surface area contributed by atoms with Crippen LogP contribution in [0.15, 0.2) is 47.2 Å². The average molecular weight is 512 g/mol. The highest BCUT2D eigenvalue weighted by atomic mass is 79.9. The summed E-state index contributed by atoms with van der Waals surface area (Å²) in [6.07, 6.45) is 4.65. The Labute approximate surface area is 201 Å². The van der Waals surface area contributed by atoms with E-state index >= 15 is 0 Å². The molecule has 4 aromatic rings. The quantitative estimate of drug-likeness (QED) is 0.411. The number of ether oxygens (including phenoxy) is 2. The molecule has 0 bridgehead atoms. The third kappa shape index (κ3) is 3.99. The molecule has 8 nitrogen and oxygen atoms in total. The highest BCUT2D eigenvalue weighted by molar-refractivity contribution is 9.10. The SMILES string of the molecule is COC1COCCC1[N+](C)(C)Cc1nc2c(-c3cnc4ccccc4c3)cnn2c(N)c1Br. The number of para-hydroxylation sites is 1. The molecule has 1 saturated heterocycles. The molecule has 0 saturated carbocycles. The fourth-order valence-corrected chi connectivity index (χ4v) is 5.18. The summed E-state index contributed by atoms with van der Waals surface area (Å²) in [6, 6.07) is 10.5. The monoisotopic (exact) mass is 511 g/mol. The van der Waals surface area contributed by atoms with Crippen molar-refractivity contribution in [2.24, 2.45) is 0 Å². The van der Waals surface area contributed by atoms with E-state index in [1.165, 1.54) is 0 Å². The summed E-state index contributed by atoms with van der Waals surface area (Å²) < 4.78 is 14.5. The molecule has 1 aliphatic heterocycles. The Kier molecular flexibility index (Phi) is 5.82. The Balaban J connectivity index is 1.56. The fourth-order valence-electron chi connectivity index (χ4n) is 4.80. The minimum atomic E-state index is 0.0443. The largest absolute Gasteiger partial charge is 0.383 e. The van der Waals surface area contributed by atoms with E-state index in [4.69, 9.17) is 20.2 Å². The topological polar surface area (TPSA) is 87.6 Å². The van der Waals surface area contributed by atoms with Crippen LogP contribution in [0.2, 0.25) is 0 Å². The molecule has 0 spiro atoms. The molecular formula is C24H28BrN6O2+. The number of nitrogen functional groups attached to an aromatic ring is 1. The number of rotatable bonds is 5. The molecule has 33 heavy (non-hydrogen) atoms. The van der Waals surface area contributed by atoms with Crippen LogP contribution in [0.5, 0.6) is 0 Å². The molecule has 3 aromatic heterocycles. The van der Waals surface area contributed by atoms with Gasteiger partial charge in [-0.15, -0.1) is 0 Å². The van der Waals surface area contributed by atoms with Gasteiger partial charge in [-0.1, -0.05) is 18.2 Å². The first-order valence-electron chi connectivity index (χ1n) is 11.0. The maximum Gasteiger partial charge on any atom is 0.165 e. The Morgan fingerprint density at radius 2 is 2.09 bits per heavy atom. The van der Waals surface area contributed by atoms with Crippen LogP contribution in [-0.2, 0) is 16.0 Å². The fraction of sp³-hybridized carbons (Fsp3) is 0.375. The molecule has 0 amide bonds. The minimum Gasteiger partial charge on any atom is -0.383 e. The molecule has 9 heteroatoms. The number of aromatic nitrogens is 4. The summed E-state index contributed by atoms with van der Waals surface area (Å²) in [5.41, 5.74) is 10.9. The number of pyridine rings is 1. The lowest BCUT2D eigenvalue weighted by atomic mass is 10.0. The van der Waals surface area contributed by atoms with E-state index in [2.05, 4.69) is 52.2 Å². The van der Waals surface area contributed by atoms with E-state index in [0.29, 0.717) is 29.5 Å². The van der Waals surface area contributed by atoms with Crippen molar-refractivity contribution in [2.75, 3.05) is 40.2 Å². The van der Waals surface area contributed by atoms with Crippen molar-refractivity contribution in [2.45, 2.75) is 25.1 Å². The number of halogens is 1. The normalized spacial score (nSPS) is 19.4. The van der Waals surface area contributed by atoms with Gasteiger partial charge in [0.05, 0.1) is 43.5 Å². The summed E-state index contributed by atoms with van der Waals surface area (Å²) in [5, 5.41) is 5.59. The van der Waals surface area contributed by atoms with E-state index in [9.17, 15) is 0 Å². The maximum atomic E-state index is 6.50. The van der Waals surface area contributed by atoms with E-state index in [-0.39, 0.29) is 6.10 Å². The van der Waals surface area contributed by atoms with E-state index < -0.39 is 0 Å². The summed E-state index contributed by atoms with van der Waals surface area (Å²) in [6.45, 7) is 2.04. The van der Waals surface area contributed by atoms with Crippen LogP contribution in [0.4, 0.5) is 5.82 Å². The summed E-state index contributed by atoms with van der Waals surface area (Å²) >= 11 is 3.68. The average Bonchev–Trinajstić information content (AvgIpc) is 3.25. The smallest absolute Gasteiger partial charge is 0.165 e. The van der Waals surface area contributed by atoms with Gasteiger partial charge in [0.15, 0.2) is 5.65 Å². The van der Waals surface area contributed by atoms with Gasteiger partial charge in [-0.2, -0.15) is 9.61 Å². The van der Waals surface area contributed by atoms with Crippen LogP contribution in [-0.4, -0.2) is 70.6 Å². The van der Waals surface area contributed by atoms with Crippen molar-refractivity contribution in [1.29, 1.82) is 0 Å². The molecular weight excluding hydrogens is 484 g/mol. The molecule has 172 valence electrons. The standard InChI is InChI=1S/C24H28BrN6O2/c1-31(2,20-8-9-33-14-21(20)32-3)13-19-22(25)23(26)30-24(29-19)17(12-28-30)16-10-15-6-4-5-7-18(15)27-11-16/h4-7,10-12,20-21H,8-9,13-14,26H2,1-3H3/q+1. The third-order valence-electron chi connectivity index (χ3n) is 6.62. The zero-order valence-electron chi connectivity index (χ0n) is 19.0. The lowest BCUT2D eigenvalue weighted by Crippen LogP contribution is -2.58. The van der Waals surface area contributed by atoms with Crippen LogP contribution in [0.3, 0.4) is 0 Å². The molecule has 1 aliphatic rings. The Morgan fingerprint density at radius 1 is 1.27 bits per heavy atom. The van der Waals surface area contributed by atoms with Gasteiger partial charge >= 0.3 is 0 Å². The van der Waals surface area contributed by atoms with Crippen molar-refractivity contribution in [3.05, 3.63) is 52.9 Å². The minimum absolute atomic E-state index is 0.0443. The number of nitrogens with zero attached hydrogens (tertiary/aromatic N) is 5. The second-order valence-electron chi connectivity index (χ2n) is 9.11. The van der Waals surface area contributed by atoms with Crippen LogP contribution < -0.4 is 5.73 Å². The van der Waals surface area contributed by atoms with Gasteiger partial charge < -0.3 is 19.7 Å². The summed E-state index contributed by atoms with van der Waals surface area (Å²) in [5.74, 6) is 0.533. The van der Waals surface area contributed by atoms with E-state index in [1.54, 1.807) is 17.8 Å². The van der Waals surface area contributed by atoms with Gasteiger partial charge in [0.1, 0.15) is 30.2 Å². The van der Waals surface area contributed by atoms with Crippen LogP contribution in [0, 0.1) is 0 Å². The molecule has 2 atom stereocenters. The maximum absolute atomic E-state index is 6.50. The Bertz CT molecular complexity index is 1320. The van der Waals surface area contributed by atoms with Gasteiger partial charge in [0, 0.05) is 36.2 Å². The lowest BCUT2D eigenvalue weighted by Gasteiger charge is -2.43. The van der Waals surface area contributed by atoms with Gasteiger partial charge in [-0.05, 0) is 28.1 Å². The number of likely N-dealkylation sites (N-methyl/N-ethyl adjacent to an activating group) is 1. The van der Waals surface area contributed by atoms with Crippen molar-refractivity contribution in [1.82, 2.24) is 19.6 Å². The molecule has 0 aliphatic carbocycles. The molecule has 0 radical (unpaired) electrons. The molecule has 1 aromatic carbocycles. The zero-order valence-corrected chi connectivity index (χ0v) is 20.6. The zero-order chi connectivity index (χ0) is 23.2. The van der Waals surface area contributed by atoms with E-state index in [0.717, 1.165) is 50.9 Å². The highest BCUT2D eigenvalue weighted by Gasteiger charge is 2.39. The number of anilines is 1. The number of hydrogen-bond acceptors (Lipinski definition) is 6. The van der Waals surface area contributed by atoms with Gasteiger partial charge in [-0.3, -0.25) is 4.98 Å². The number of nitrogens with two attached hydrogens (primary N) is 1. The molecule has 2 unspecified atom stereocenters. The van der Waals surface area contributed by atoms with Crippen LogP contribution in [0.25, 0.3) is 27.7 Å². The predicted octanol–water partition coefficient (Wildman–Crippen LogP) is 3.67.